The molecule has 0 aliphatic heterocycles. The molecule has 0 fully saturated rings. The molecule has 2 aromatic rings. The molecule has 2 aromatic carbocycles. The van der Waals surface area contributed by atoms with Crippen LogP contribution in [-0.4, -0.2) is 37.0 Å². The van der Waals surface area contributed by atoms with Gasteiger partial charge < -0.3 is 20.8 Å². The van der Waals surface area contributed by atoms with Crippen LogP contribution in [0.4, 0.5) is 0 Å². The normalized spacial score (nSPS) is 14.2. The topological polar surface area (TPSA) is 139 Å². The third-order valence-corrected chi connectivity index (χ3v) is 6.18. The van der Waals surface area contributed by atoms with Crippen molar-refractivity contribution in [3.8, 4) is 11.5 Å². The van der Waals surface area contributed by atoms with Crippen molar-refractivity contribution in [2.75, 3.05) is 12.5 Å². The number of sulfone groups is 2. The van der Waals surface area contributed by atoms with Gasteiger partial charge in [0.15, 0.2) is 19.7 Å². The van der Waals surface area contributed by atoms with Crippen LogP contribution < -0.4 is 20.8 Å². The molecule has 2 unspecified atom stereocenters. The summed E-state index contributed by atoms with van der Waals surface area (Å²) >= 11 is 0. The van der Waals surface area contributed by atoms with Gasteiger partial charge in [0.25, 0.3) is 0 Å². The van der Waals surface area contributed by atoms with E-state index in [9.17, 15) is 16.8 Å². The molecule has 0 saturated carbocycles. The Morgan fingerprint density at radius 2 is 1.00 bits per heavy atom. The van der Waals surface area contributed by atoms with Crippen LogP contribution in [-0.2, 0) is 19.7 Å². The van der Waals surface area contributed by atoms with E-state index in [1.165, 1.54) is 0 Å². The Morgan fingerprint density at radius 3 is 1.26 bits per heavy atom. The monoisotopic (exact) mass is 412 g/mol. The third-order valence-electron chi connectivity index (χ3n) is 3.79. The summed E-state index contributed by atoms with van der Waals surface area (Å²) in [5.41, 5.74) is 12.2. The molecular formula is C16H21BN2O6S2. The maximum Gasteiger partial charge on any atom is 0.576 e. The van der Waals surface area contributed by atoms with Gasteiger partial charge in [-0.3, -0.25) is 0 Å². The van der Waals surface area contributed by atoms with E-state index in [0.717, 1.165) is 12.5 Å². The highest BCUT2D eigenvalue weighted by molar-refractivity contribution is 7.91. The van der Waals surface area contributed by atoms with Gasteiger partial charge in [0.2, 0.25) is 0 Å². The highest BCUT2D eigenvalue weighted by atomic mass is 32.2. The van der Waals surface area contributed by atoms with E-state index in [4.69, 9.17) is 20.8 Å². The fourth-order valence-corrected chi connectivity index (χ4v) is 3.47. The highest BCUT2D eigenvalue weighted by Gasteiger charge is 2.18. The fraction of sp³-hybridized carbons (Fsp3) is 0.250. The summed E-state index contributed by atoms with van der Waals surface area (Å²) < 4.78 is 56.7. The van der Waals surface area contributed by atoms with E-state index in [1.807, 2.05) is 0 Å². The van der Waals surface area contributed by atoms with Crippen molar-refractivity contribution < 1.29 is 26.1 Å². The summed E-state index contributed by atoms with van der Waals surface area (Å²) in [5, 5.41) is -2.17. The van der Waals surface area contributed by atoms with Crippen LogP contribution in [0, 0.1) is 0 Å². The summed E-state index contributed by atoms with van der Waals surface area (Å²) in [6.45, 7) is 0. The summed E-state index contributed by atoms with van der Waals surface area (Å²) in [5.74, 6) is 0.963. The Morgan fingerprint density at radius 1 is 0.704 bits per heavy atom. The van der Waals surface area contributed by atoms with Crippen LogP contribution in [0.3, 0.4) is 0 Å². The minimum Gasteiger partial charge on any atom is -0.529 e. The number of rotatable bonds is 8. The van der Waals surface area contributed by atoms with Crippen molar-refractivity contribution in [2.24, 2.45) is 11.5 Å². The molecule has 0 aromatic heterocycles. The molecule has 0 saturated heterocycles. The Labute approximate surface area is 159 Å². The zero-order valence-electron chi connectivity index (χ0n) is 14.9. The molecule has 27 heavy (non-hydrogen) atoms. The van der Waals surface area contributed by atoms with Gasteiger partial charge >= 0.3 is 7.69 Å². The lowest BCUT2D eigenvalue weighted by Crippen LogP contribution is -2.20. The predicted octanol–water partition coefficient (Wildman–Crippen LogP) is 0.415. The van der Waals surface area contributed by atoms with E-state index < -0.39 is 30.4 Å². The number of nitrogens with two attached hydrogens (primary N) is 2. The van der Waals surface area contributed by atoms with Gasteiger partial charge in [-0.15, -0.1) is 0 Å². The number of hydrogen-bond acceptors (Lipinski definition) is 8. The van der Waals surface area contributed by atoms with E-state index in [2.05, 4.69) is 0 Å². The van der Waals surface area contributed by atoms with Crippen molar-refractivity contribution in [3.63, 3.8) is 0 Å². The van der Waals surface area contributed by atoms with Crippen molar-refractivity contribution in [1.82, 2.24) is 0 Å². The Kier molecular flexibility index (Phi) is 6.52. The minimum atomic E-state index is -3.38. The zero-order valence-corrected chi connectivity index (χ0v) is 16.5. The van der Waals surface area contributed by atoms with Crippen LogP contribution in [0.1, 0.15) is 21.9 Å². The van der Waals surface area contributed by atoms with E-state index >= 15 is 0 Å². The maximum absolute atomic E-state index is 11.4. The molecule has 0 radical (unpaired) electrons. The molecule has 0 aliphatic carbocycles. The highest BCUT2D eigenvalue weighted by Crippen LogP contribution is 2.21. The largest absolute Gasteiger partial charge is 0.576 e. The zero-order chi connectivity index (χ0) is 20.2. The molecule has 0 aliphatic rings. The first-order chi connectivity index (χ1) is 12.5. The van der Waals surface area contributed by atoms with Crippen LogP contribution in [0.2, 0.25) is 0 Å². The molecule has 0 heterocycles. The molecule has 2 atom stereocenters. The number of hydrogen-bond donors (Lipinski definition) is 2. The summed E-state index contributed by atoms with van der Waals surface area (Å²) in [6.07, 6.45) is 2.15. The molecule has 0 spiro atoms. The standard InChI is InChI=1S/C16H21BN2O6S2/c1-26(20,21)15(18)11-3-7-13(8-4-11)24-17-25-14-9-5-12(6-10-14)16(19)27(2,22)23/h3-10,15-17H,18-19H2,1-2H3. The lowest BCUT2D eigenvalue weighted by Gasteiger charge is -2.12. The van der Waals surface area contributed by atoms with Crippen LogP contribution in [0.15, 0.2) is 48.5 Å². The first kappa shape index (κ1) is 21.2. The second-order valence-corrected chi connectivity index (χ2v) is 10.4. The second kappa shape index (κ2) is 8.30. The van der Waals surface area contributed by atoms with Gasteiger partial charge in [-0.1, -0.05) is 24.3 Å². The average molecular weight is 412 g/mol. The van der Waals surface area contributed by atoms with Gasteiger partial charge in [0.05, 0.1) is 0 Å². The molecule has 0 amide bonds. The Bertz CT molecular complexity index is 895. The minimum absolute atomic E-state index is 0.0883. The van der Waals surface area contributed by atoms with E-state index in [0.29, 0.717) is 22.6 Å². The van der Waals surface area contributed by atoms with Crippen molar-refractivity contribution in [2.45, 2.75) is 10.7 Å². The lowest BCUT2D eigenvalue weighted by atomic mass is 10.2. The molecule has 11 heteroatoms. The van der Waals surface area contributed by atoms with E-state index in [-0.39, 0.29) is 7.69 Å². The van der Waals surface area contributed by atoms with Crippen molar-refractivity contribution in [3.05, 3.63) is 59.7 Å². The fourth-order valence-electron chi connectivity index (χ4n) is 2.17. The molecule has 8 nitrogen and oxygen atoms in total. The molecule has 2 rings (SSSR count). The van der Waals surface area contributed by atoms with Crippen LogP contribution >= 0.6 is 0 Å². The van der Waals surface area contributed by atoms with Crippen LogP contribution in [0.25, 0.3) is 0 Å². The molecule has 146 valence electrons. The molecule has 0 bridgehead atoms. The first-order valence-electron chi connectivity index (χ1n) is 7.83. The van der Waals surface area contributed by atoms with Gasteiger partial charge in [-0.05, 0) is 35.4 Å². The van der Waals surface area contributed by atoms with Crippen molar-refractivity contribution >= 4 is 27.4 Å². The van der Waals surface area contributed by atoms with Gasteiger partial charge in [-0.25, -0.2) is 16.8 Å². The average Bonchev–Trinajstić information content (AvgIpc) is 2.60. The first-order valence-corrected chi connectivity index (χ1v) is 11.7. The smallest absolute Gasteiger partial charge is 0.529 e. The summed E-state index contributed by atoms with van der Waals surface area (Å²) in [6, 6.07) is 12.7. The second-order valence-electron chi connectivity index (χ2n) is 6.04. The van der Waals surface area contributed by atoms with Gasteiger partial charge in [0, 0.05) is 12.5 Å². The summed E-state index contributed by atoms with van der Waals surface area (Å²) in [4.78, 5) is 0. The van der Waals surface area contributed by atoms with Gasteiger partial charge in [0.1, 0.15) is 22.2 Å². The van der Waals surface area contributed by atoms with E-state index in [1.54, 1.807) is 48.5 Å². The predicted molar refractivity (Wildman–Crippen MR) is 105 cm³/mol. The van der Waals surface area contributed by atoms with Gasteiger partial charge in [-0.2, -0.15) is 0 Å². The molecule has 4 N–H and O–H groups in total. The Balaban J connectivity index is 1.91. The SMILES string of the molecule is CS(=O)(=O)C(N)c1ccc(OBOc2ccc(C(N)S(C)(=O)=O)cc2)cc1. The third kappa shape index (κ3) is 5.96. The Hall–Kier alpha value is -2.08. The summed E-state index contributed by atoms with van der Waals surface area (Å²) in [7, 11) is -6.84. The number of benzene rings is 2. The van der Waals surface area contributed by atoms with Crippen molar-refractivity contribution in [1.29, 1.82) is 0 Å². The maximum atomic E-state index is 11.4. The quantitative estimate of drug-likeness (QED) is 0.595. The van der Waals surface area contributed by atoms with Crippen LogP contribution in [0.5, 0.6) is 11.5 Å². The molecular weight excluding hydrogens is 391 g/mol. The lowest BCUT2D eigenvalue weighted by molar-refractivity contribution is 0.458.